The summed E-state index contributed by atoms with van der Waals surface area (Å²) in [5.74, 6) is 4.43. The fourth-order valence-corrected chi connectivity index (χ4v) is 7.51. The average Bonchev–Trinajstić information content (AvgIpc) is 3.64. The van der Waals surface area contributed by atoms with Crippen molar-refractivity contribution in [3.05, 3.63) is 158 Å². The Bertz CT molecular complexity index is 2230. The number of thiophene rings is 1. The Balaban J connectivity index is 1.22. The van der Waals surface area contributed by atoms with E-state index in [0.29, 0.717) is 19.0 Å². The van der Waals surface area contributed by atoms with E-state index in [2.05, 4.69) is 95.8 Å². The van der Waals surface area contributed by atoms with E-state index in [0.717, 1.165) is 83.8 Å². The van der Waals surface area contributed by atoms with Gasteiger partial charge in [0, 0.05) is 34.1 Å². The summed E-state index contributed by atoms with van der Waals surface area (Å²) in [4.78, 5) is 6.29. The van der Waals surface area contributed by atoms with Crippen molar-refractivity contribution in [3.8, 4) is 49.6 Å². The van der Waals surface area contributed by atoms with Gasteiger partial charge in [-0.2, -0.15) is 0 Å². The molecule has 0 radical (unpaired) electrons. The van der Waals surface area contributed by atoms with E-state index < -0.39 is 0 Å². The highest BCUT2D eigenvalue weighted by molar-refractivity contribution is 7.19. The lowest BCUT2D eigenvalue weighted by atomic mass is 10.1. The van der Waals surface area contributed by atoms with Gasteiger partial charge in [0.05, 0.1) is 38.2 Å². The summed E-state index contributed by atoms with van der Waals surface area (Å²) in [5, 5.41) is 0. The Hall–Kier alpha value is -6.58. The molecule has 0 saturated carbocycles. The van der Waals surface area contributed by atoms with Crippen LogP contribution in [0.3, 0.4) is 0 Å². The van der Waals surface area contributed by atoms with Crippen molar-refractivity contribution < 1.29 is 28.4 Å². The number of methoxy groups -OCH3 is 4. The minimum absolute atomic E-state index is 0.482. The number of ether oxygens (including phenoxy) is 6. The van der Waals surface area contributed by atoms with Crippen LogP contribution in [0.5, 0.6) is 28.7 Å². The van der Waals surface area contributed by atoms with E-state index in [1.807, 2.05) is 54.6 Å². The van der Waals surface area contributed by atoms with Gasteiger partial charge in [0.2, 0.25) is 0 Å². The summed E-state index contributed by atoms with van der Waals surface area (Å²) in [7, 11) is 6.59. The van der Waals surface area contributed by atoms with Crippen LogP contribution in [0.2, 0.25) is 0 Å². The second-order valence-corrected chi connectivity index (χ2v) is 13.5. The Morgan fingerprint density at radius 3 is 1.27 bits per heavy atom. The minimum Gasteiger partial charge on any atom is -0.497 e. The van der Waals surface area contributed by atoms with Crippen LogP contribution < -0.4 is 33.5 Å². The van der Waals surface area contributed by atoms with Crippen LogP contribution in [0.4, 0.5) is 28.4 Å². The molecule has 0 saturated heterocycles. The first-order valence-electron chi connectivity index (χ1n) is 17.7. The van der Waals surface area contributed by atoms with Crippen molar-refractivity contribution in [3.63, 3.8) is 0 Å². The standard InChI is InChI=1S/C46H42N2O6S/c1-31(7-8-32(2)49-3)47(36-17-23-40(50-4)24-18-36)35-13-9-33(10-14-35)45-43-44(54-30-29-53-43)46(55-45)34-11-15-37(16-12-34)48(38-19-25-41(51-5)26-20-38)39-21-27-42(52-6)28-22-39/h7-28H,1-2,29-30H2,3-6H3/b8-7-. The largest absolute Gasteiger partial charge is 0.497 e. The normalized spacial score (nSPS) is 11.9. The maximum atomic E-state index is 6.29. The molecule has 0 bridgehead atoms. The molecule has 0 N–H and O–H groups in total. The van der Waals surface area contributed by atoms with E-state index in [4.69, 9.17) is 28.4 Å². The summed E-state index contributed by atoms with van der Waals surface area (Å²) in [6.07, 6.45) is 3.68. The van der Waals surface area contributed by atoms with Crippen LogP contribution in [0.15, 0.2) is 158 Å². The summed E-state index contributed by atoms with van der Waals surface area (Å²) >= 11 is 1.66. The highest BCUT2D eigenvalue weighted by atomic mass is 32.1. The van der Waals surface area contributed by atoms with Gasteiger partial charge in [-0.25, -0.2) is 0 Å². The summed E-state index contributed by atoms with van der Waals surface area (Å²) in [6.45, 7) is 9.24. The van der Waals surface area contributed by atoms with Crippen LogP contribution in [0, 0.1) is 0 Å². The van der Waals surface area contributed by atoms with Gasteiger partial charge in [0.1, 0.15) is 36.2 Å². The highest BCUT2D eigenvalue weighted by Crippen LogP contribution is 2.54. The topological polar surface area (TPSA) is 61.9 Å². The monoisotopic (exact) mass is 750 g/mol. The first kappa shape index (κ1) is 36.8. The molecular formula is C46H42N2O6S. The molecular weight excluding hydrogens is 709 g/mol. The Kier molecular flexibility index (Phi) is 11.1. The summed E-state index contributed by atoms with van der Waals surface area (Å²) in [6, 6.07) is 40.9. The highest BCUT2D eigenvalue weighted by Gasteiger charge is 2.27. The van der Waals surface area contributed by atoms with Crippen LogP contribution in [-0.4, -0.2) is 41.7 Å². The Morgan fingerprint density at radius 2 is 0.891 bits per heavy atom. The van der Waals surface area contributed by atoms with Crippen LogP contribution in [-0.2, 0) is 4.74 Å². The van der Waals surface area contributed by atoms with E-state index in [9.17, 15) is 0 Å². The smallest absolute Gasteiger partial charge is 0.180 e. The number of hydrogen-bond acceptors (Lipinski definition) is 9. The second kappa shape index (κ2) is 16.6. The lowest BCUT2D eigenvalue weighted by Gasteiger charge is -2.26. The maximum absolute atomic E-state index is 6.29. The van der Waals surface area contributed by atoms with E-state index >= 15 is 0 Å². The van der Waals surface area contributed by atoms with Crippen LogP contribution in [0.1, 0.15) is 0 Å². The van der Waals surface area contributed by atoms with Gasteiger partial charge in [-0.3, -0.25) is 0 Å². The molecule has 0 unspecified atom stereocenters. The molecule has 9 heteroatoms. The quantitative estimate of drug-likeness (QED) is 0.0805. The van der Waals surface area contributed by atoms with E-state index in [1.165, 1.54) is 0 Å². The predicted molar refractivity (Wildman–Crippen MR) is 224 cm³/mol. The number of fused-ring (bicyclic) bond motifs is 1. The molecule has 0 fully saturated rings. The fraction of sp³-hybridized carbons (Fsp3) is 0.130. The lowest BCUT2D eigenvalue weighted by molar-refractivity contribution is 0.175. The molecule has 1 aliphatic rings. The zero-order chi connectivity index (χ0) is 38.3. The number of benzene rings is 5. The van der Waals surface area contributed by atoms with Crippen molar-refractivity contribution in [2.45, 2.75) is 0 Å². The molecule has 6 aromatic rings. The molecule has 0 amide bonds. The van der Waals surface area contributed by atoms with Crippen molar-refractivity contribution in [2.75, 3.05) is 51.5 Å². The van der Waals surface area contributed by atoms with Crippen molar-refractivity contribution in [1.82, 2.24) is 0 Å². The molecule has 278 valence electrons. The zero-order valence-electron chi connectivity index (χ0n) is 31.3. The molecule has 0 aliphatic carbocycles. The third-order valence-electron chi connectivity index (χ3n) is 9.18. The van der Waals surface area contributed by atoms with Crippen LogP contribution >= 0.6 is 11.3 Å². The van der Waals surface area contributed by atoms with Gasteiger partial charge in [-0.05, 0) is 120 Å². The van der Waals surface area contributed by atoms with Crippen molar-refractivity contribution >= 4 is 39.8 Å². The van der Waals surface area contributed by atoms with Gasteiger partial charge in [0.25, 0.3) is 0 Å². The number of hydrogen-bond donors (Lipinski definition) is 0. The molecule has 5 aromatic carbocycles. The Morgan fingerprint density at radius 1 is 0.527 bits per heavy atom. The van der Waals surface area contributed by atoms with Gasteiger partial charge < -0.3 is 38.2 Å². The van der Waals surface area contributed by atoms with Gasteiger partial charge in [-0.15, -0.1) is 11.3 Å². The average molecular weight is 751 g/mol. The van der Waals surface area contributed by atoms with Gasteiger partial charge in [-0.1, -0.05) is 37.4 Å². The summed E-state index contributed by atoms with van der Waals surface area (Å²) < 4.78 is 34.1. The number of nitrogens with zero attached hydrogens (tertiary/aromatic N) is 2. The second-order valence-electron chi connectivity index (χ2n) is 12.5. The van der Waals surface area contributed by atoms with E-state index in [1.54, 1.807) is 45.9 Å². The molecule has 7 rings (SSSR count). The SMILES string of the molecule is C=C(/C=C\C(=C)N(c1ccc(OC)cc1)c1ccc(-c2sc(-c3ccc(N(c4ccc(OC)cc4)c4ccc(OC)cc4)cc3)c3c2OCCO3)cc1)OC. The molecule has 1 aliphatic heterocycles. The first-order chi connectivity index (χ1) is 26.9. The third-order valence-corrected chi connectivity index (χ3v) is 10.4. The lowest BCUT2D eigenvalue weighted by Crippen LogP contribution is -2.15. The minimum atomic E-state index is 0.482. The van der Waals surface area contributed by atoms with E-state index in [-0.39, 0.29) is 0 Å². The maximum Gasteiger partial charge on any atom is 0.180 e. The number of anilines is 5. The Labute approximate surface area is 326 Å². The molecule has 1 aromatic heterocycles. The molecule has 0 spiro atoms. The zero-order valence-corrected chi connectivity index (χ0v) is 32.1. The van der Waals surface area contributed by atoms with Gasteiger partial charge >= 0.3 is 0 Å². The van der Waals surface area contributed by atoms with Crippen LogP contribution in [0.25, 0.3) is 20.9 Å². The molecule has 8 nitrogen and oxygen atoms in total. The summed E-state index contributed by atoms with van der Waals surface area (Å²) in [5.41, 5.74) is 7.66. The number of rotatable bonds is 14. The van der Waals surface area contributed by atoms with Crippen molar-refractivity contribution in [1.29, 1.82) is 0 Å². The fourth-order valence-electron chi connectivity index (χ4n) is 6.31. The molecule has 55 heavy (non-hydrogen) atoms. The first-order valence-corrected chi connectivity index (χ1v) is 18.5. The number of allylic oxidation sites excluding steroid dienone is 2. The third kappa shape index (κ3) is 7.88. The van der Waals surface area contributed by atoms with Crippen molar-refractivity contribution in [2.24, 2.45) is 0 Å². The molecule has 2 heterocycles. The molecule has 0 atom stereocenters. The van der Waals surface area contributed by atoms with Gasteiger partial charge in [0.15, 0.2) is 11.5 Å². The predicted octanol–water partition coefficient (Wildman–Crippen LogP) is 11.7.